The van der Waals surface area contributed by atoms with Crippen LogP contribution in [-0.2, 0) is 14.3 Å². The number of hydrogen-bond acceptors (Lipinski definition) is 3. The largest absolute Gasteiger partial charge is 0.469 e. The van der Waals surface area contributed by atoms with E-state index in [1.165, 1.54) is 20.0 Å². The summed E-state index contributed by atoms with van der Waals surface area (Å²) >= 11 is 0. The van der Waals surface area contributed by atoms with Crippen LogP contribution >= 0.6 is 0 Å². The summed E-state index contributed by atoms with van der Waals surface area (Å²) in [7, 11) is 1.43. The van der Waals surface area contributed by atoms with Crippen molar-refractivity contribution in [2.75, 3.05) is 7.11 Å². The molecule has 2 rings (SSSR count). The summed E-state index contributed by atoms with van der Waals surface area (Å²) < 4.78 is 4.76. The second-order valence-electron chi connectivity index (χ2n) is 5.67. The van der Waals surface area contributed by atoms with E-state index in [-0.39, 0.29) is 16.8 Å². The predicted molar refractivity (Wildman–Crippen MR) is 64.5 cm³/mol. The number of methoxy groups -OCH3 is 1. The molecule has 0 saturated heterocycles. The summed E-state index contributed by atoms with van der Waals surface area (Å²) in [6, 6.07) is 0. The van der Waals surface area contributed by atoms with Crippen molar-refractivity contribution in [2.45, 2.75) is 58.3 Å². The highest BCUT2D eigenvalue weighted by atomic mass is 16.5. The van der Waals surface area contributed by atoms with Gasteiger partial charge in [-0.3, -0.25) is 9.59 Å². The van der Waals surface area contributed by atoms with Gasteiger partial charge in [-0.05, 0) is 24.7 Å². The van der Waals surface area contributed by atoms with Crippen molar-refractivity contribution in [1.82, 2.24) is 0 Å². The zero-order chi connectivity index (χ0) is 12.5. The molecule has 0 aromatic carbocycles. The lowest BCUT2D eigenvalue weighted by Crippen LogP contribution is -2.18. The summed E-state index contributed by atoms with van der Waals surface area (Å²) in [6.45, 7) is 2.17. The Balaban J connectivity index is 2.01. The van der Waals surface area contributed by atoms with Crippen molar-refractivity contribution in [2.24, 2.45) is 10.8 Å². The molecule has 0 aromatic rings. The normalized spacial score (nSPS) is 34.6. The van der Waals surface area contributed by atoms with Crippen LogP contribution in [0.25, 0.3) is 0 Å². The molecule has 0 bridgehead atoms. The molecule has 0 radical (unpaired) electrons. The Hall–Kier alpha value is -0.860. The van der Waals surface area contributed by atoms with Gasteiger partial charge in [-0.2, -0.15) is 0 Å². The topological polar surface area (TPSA) is 43.4 Å². The van der Waals surface area contributed by atoms with Crippen LogP contribution in [0.3, 0.4) is 0 Å². The van der Waals surface area contributed by atoms with Crippen LogP contribution in [0.5, 0.6) is 0 Å². The fourth-order valence-electron chi connectivity index (χ4n) is 3.69. The van der Waals surface area contributed by atoms with E-state index in [9.17, 15) is 9.59 Å². The lowest BCUT2D eigenvalue weighted by Gasteiger charge is -2.16. The maximum absolute atomic E-state index is 12.1. The summed E-state index contributed by atoms with van der Waals surface area (Å²) in [5.41, 5.74) is -0.165. The van der Waals surface area contributed by atoms with Gasteiger partial charge in [-0.15, -0.1) is 0 Å². The van der Waals surface area contributed by atoms with Crippen molar-refractivity contribution in [1.29, 1.82) is 0 Å². The van der Waals surface area contributed by atoms with Gasteiger partial charge in [0.1, 0.15) is 5.78 Å². The first-order valence-corrected chi connectivity index (χ1v) is 6.70. The van der Waals surface area contributed by atoms with Gasteiger partial charge in [0.25, 0.3) is 0 Å². The lowest BCUT2D eigenvalue weighted by molar-refractivity contribution is -0.142. The first-order valence-electron chi connectivity index (χ1n) is 6.70. The zero-order valence-electron chi connectivity index (χ0n) is 10.9. The summed E-state index contributed by atoms with van der Waals surface area (Å²) in [5, 5.41) is 0. The number of ketones is 1. The Labute approximate surface area is 103 Å². The van der Waals surface area contributed by atoms with E-state index in [2.05, 4.69) is 6.92 Å². The van der Waals surface area contributed by atoms with Gasteiger partial charge >= 0.3 is 5.97 Å². The highest BCUT2D eigenvalue weighted by Crippen LogP contribution is 2.75. The van der Waals surface area contributed by atoms with Crippen LogP contribution < -0.4 is 0 Å². The molecule has 2 unspecified atom stereocenters. The quantitative estimate of drug-likeness (QED) is 0.528. The summed E-state index contributed by atoms with van der Waals surface area (Å²) in [5.74, 6) is 0.245. The molecule has 0 spiro atoms. The minimum atomic E-state index is -0.155. The number of unbranched alkanes of at least 4 members (excludes halogenated alkanes) is 2. The van der Waals surface area contributed by atoms with Crippen molar-refractivity contribution >= 4 is 11.8 Å². The Bertz CT molecular complexity index is 336. The minimum absolute atomic E-state index is 0.0229. The Morgan fingerprint density at radius 2 is 2.18 bits per heavy atom. The molecule has 3 heteroatoms. The van der Waals surface area contributed by atoms with Gasteiger partial charge in [0, 0.05) is 11.8 Å². The maximum atomic E-state index is 12.1. The van der Waals surface area contributed by atoms with E-state index in [0.29, 0.717) is 18.6 Å². The Morgan fingerprint density at radius 3 is 2.82 bits per heavy atom. The van der Waals surface area contributed by atoms with Crippen LogP contribution in [0.15, 0.2) is 0 Å². The van der Waals surface area contributed by atoms with Gasteiger partial charge in [0.2, 0.25) is 0 Å². The van der Waals surface area contributed by atoms with E-state index in [1.807, 2.05) is 0 Å². The van der Waals surface area contributed by atoms with E-state index in [1.54, 1.807) is 0 Å². The number of ether oxygens (including phenoxy) is 1. The first kappa shape index (κ1) is 12.6. The van der Waals surface area contributed by atoms with Crippen LogP contribution in [0.2, 0.25) is 0 Å². The third kappa shape index (κ3) is 1.90. The highest BCUT2D eigenvalue weighted by molar-refractivity contribution is 5.93. The van der Waals surface area contributed by atoms with Crippen molar-refractivity contribution in [3.8, 4) is 0 Å². The number of fused-ring (bicyclic) bond motifs is 1. The molecule has 0 heterocycles. The molecule has 96 valence electrons. The molecule has 2 saturated carbocycles. The first-order chi connectivity index (χ1) is 8.10. The molecule has 0 amide bonds. The molecule has 0 aliphatic heterocycles. The third-order valence-corrected chi connectivity index (χ3v) is 4.81. The number of rotatable bonds is 6. The smallest absolute Gasteiger partial charge is 0.306 e. The van der Waals surface area contributed by atoms with Crippen molar-refractivity contribution in [3.63, 3.8) is 0 Å². The number of Topliss-reactive ketones (excluding diaryl/α,β-unsaturated/α-hetero) is 1. The van der Waals surface area contributed by atoms with E-state index in [0.717, 1.165) is 25.7 Å². The Morgan fingerprint density at radius 1 is 1.41 bits per heavy atom. The maximum Gasteiger partial charge on any atom is 0.306 e. The van der Waals surface area contributed by atoms with Crippen molar-refractivity contribution in [3.05, 3.63) is 0 Å². The SMILES string of the molecule is CCCCCC12CC1(CC(=O)OC)CCC2=O. The average molecular weight is 238 g/mol. The summed E-state index contributed by atoms with van der Waals surface area (Å²) in [6.07, 6.45) is 7.40. The summed E-state index contributed by atoms with van der Waals surface area (Å²) in [4.78, 5) is 23.5. The average Bonchev–Trinajstić information content (AvgIpc) is 2.88. The number of esters is 1. The Kier molecular flexibility index (Phi) is 3.28. The van der Waals surface area contributed by atoms with Gasteiger partial charge in [-0.1, -0.05) is 26.2 Å². The van der Waals surface area contributed by atoms with Crippen LogP contribution in [-0.4, -0.2) is 18.9 Å². The molecular formula is C14H22O3. The van der Waals surface area contributed by atoms with Crippen molar-refractivity contribution < 1.29 is 14.3 Å². The molecule has 0 aromatic heterocycles. The molecule has 0 N–H and O–H groups in total. The van der Waals surface area contributed by atoms with Gasteiger partial charge < -0.3 is 4.74 Å². The predicted octanol–water partition coefficient (Wildman–Crippen LogP) is 2.87. The number of hydrogen-bond donors (Lipinski definition) is 0. The molecule has 2 atom stereocenters. The highest BCUT2D eigenvalue weighted by Gasteiger charge is 2.73. The van der Waals surface area contributed by atoms with Crippen LogP contribution in [0.4, 0.5) is 0 Å². The molecule has 2 aliphatic carbocycles. The second-order valence-corrected chi connectivity index (χ2v) is 5.67. The van der Waals surface area contributed by atoms with Crippen LogP contribution in [0, 0.1) is 10.8 Å². The standard InChI is InChI=1S/C14H22O3/c1-3-4-5-7-14-10-13(14,8-6-11(14)15)9-12(16)17-2/h3-10H2,1-2H3. The van der Waals surface area contributed by atoms with E-state index >= 15 is 0 Å². The molecule has 3 nitrogen and oxygen atoms in total. The van der Waals surface area contributed by atoms with Gasteiger partial charge in [-0.25, -0.2) is 0 Å². The number of carbonyl (C=O) groups is 2. The molecular weight excluding hydrogens is 216 g/mol. The molecule has 2 fully saturated rings. The van der Waals surface area contributed by atoms with Crippen LogP contribution in [0.1, 0.15) is 58.3 Å². The molecule has 2 aliphatic rings. The number of carbonyl (C=O) groups excluding carboxylic acids is 2. The van der Waals surface area contributed by atoms with Gasteiger partial charge in [0.05, 0.1) is 13.5 Å². The fourth-order valence-corrected chi connectivity index (χ4v) is 3.69. The van der Waals surface area contributed by atoms with Gasteiger partial charge in [0.15, 0.2) is 0 Å². The second kappa shape index (κ2) is 4.43. The van der Waals surface area contributed by atoms with E-state index in [4.69, 9.17) is 4.74 Å². The monoisotopic (exact) mass is 238 g/mol. The fraction of sp³-hybridized carbons (Fsp3) is 0.857. The van der Waals surface area contributed by atoms with E-state index < -0.39 is 0 Å². The molecule has 17 heavy (non-hydrogen) atoms. The zero-order valence-corrected chi connectivity index (χ0v) is 10.9. The minimum Gasteiger partial charge on any atom is -0.469 e. The third-order valence-electron chi connectivity index (χ3n) is 4.81. The lowest BCUT2D eigenvalue weighted by atomic mass is 9.88.